The Balaban J connectivity index is 2.81. The lowest BCUT2D eigenvalue weighted by atomic mass is 9.75. The molecule has 0 aliphatic carbocycles. The van der Waals surface area contributed by atoms with Gasteiger partial charge in [0, 0.05) is 10.9 Å². The number of aromatic hydroxyl groups is 1. The van der Waals surface area contributed by atoms with Gasteiger partial charge >= 0.3 is 5.97 Å². The summed E-state index contributed by atoms with van der Waals surface area (Å²) in [6, 6.07) is 10.3. The average Bonchev–Trinajstić information content (AvgIpc) is 2.61. The predicted octanol–water partition coefficient (Wildman–Crippen LogP) is 5.27. The van der Waals surface area contributed by atoms with Crippen LogP contribution in [0.5, 0.6) is 5.75 Å². The minimum Gasteiger partial charge on any atom is -0.507 e. The molecule has 0 unspecified atom stereocenters. The fourth-order valence-electron chi connectivity index (χ4n) is 3.53. The molecule has 2 aromatic rings. The number of nitrogens with two attached hydrogens (primary N) is 1. The molecule has 0 spiro atoms. The highest BCUT2D eigenvalue weighted by Gasteiger charge is 2.33. The fraction of sp³-hybridized carbons (Fsp3) is 0.458. The van der Waals surface area contributed by atoms with E-state index in [2.05, 4.69) is 41.5 Å². The van der Waals surface area contributed by atoms with Crippen LogP contribution in [0.1, 0.15) is 69.7 Å². The second kappa shape index (κ2) is 8.37. The highest BCUT2D eigenvalue weighted by molar-refractivity contribution is 6.30. The third-order valence-electron chi connectivity index (χ3n) is 5.17. The molecule has 2 aromatic carbocycles. The first-order chi connectivity index (χ1) is 13.3. The maximum atomic E-state index is 12.4. The summed E-state index contributed by atoms with van der Waals surface area (Å²) in [5.41, 5.74) is 9.13. The lowest BCUT2D eigenvalue weighted by Crippen LogP contribution is -2.38. The number of rotatable bonds is 4. The van der Waals surface area contributed by atoms with E-state index in [0.29, 0.717) is 5.02 Å². The van der Waals surface area contributed by atoms with Crippen LogP contribution in [0.3, 0.4) is 0 Å². The van der Waals surface area contributed by atoms with Gasteiger partial charge in [-0.05, 0) is 45.2 Å². The smallest absolute Gasteiger partial charge is 0.323 e. The Labute approximate surface area is 179 Å². The maximum absolute atomic E-state index is 12.4. The van der Waals surface area contributed by atoms with E-state index < -0.39 is 17.9 Å². The Morgan fingerprint density at radius 1 is 0.966 bits per heavy atom. The number of hydrogen-bond donors (Lipinski definition) is 2. The molecule has 0 aromatic heterocycles. The number of phenols is 1. The molecule has 5 heteroatoms. The van der Waals surface area contributed by atoms with Gasteiger partial charge in [-0.15, -0.1) is 0 Å². The molecular weight excluding hydrogens is 386 g/mol. The molecule has 0 saturated heterocycles. The van der Waals surface area contributed by atoms with Crippen LogP contribution >= 0.6 is 11.6 Å². The van der Waals surface area contributed by atoms with Crippen molar-refractivity contribution in [3.63, 3.8) is 0 Å². The van der Waals surface area contributed by atoms with Crippen LogP contribution in [0, 0.1) is 0 Å². The summed E-state index contributed by atoms with van der Waals surface area (Å²) in [7, 11) is 1.33. The number of ether oxygens (including phenoxy) is 1. The van der Waals surface area contributed by atoms with Gasteiger partial charge in [-0.3, -0.25) is 4.79 Å². The first-order valence-corrected chi connectivity index (χ1v) is 10.1. The summed E-state index contributed by atoms with van der Waals surface area (Å²) in [6.45, 7) is 12.3. The number of carbonyl (C=O) groups is 1. The van der Waals surface area contributed by atoms with Crippen molar-refractivity contribution >= 4 is 17.6 Å². The Kier molecular flexibility index (Phi) is 6.71. The van der Waals surface area contributed by atoms with E-state index in [1.54, 1.807) is 12.1 Å². The van der Waals surface area contributed by atoms with Gasteiger partial charge in [-0.25, -0.2) is 0 Å². The van der Waals surface area contributed by atoms with Crippen molar-refractivity contribution < 1.29 is 14.6 Å². The Hall–Kier alpha value is -2.04. The molecule has 0 fully saturated rings. The van der Waals surface area contributed by atoms with Gasteiger partial charge in [0.1, 0.15) is 11.8 Å². The molecule has 0 amide bonds. The van der Waals surface area contributed by atoms with Crippen LogP contribution in [0.15, 0.2) is 36.4 Å². The van der Waals surface area contributed by atoms with E-state index in [-0.39, 0.29) is 16.6 Å². The minimum atomic E-state index is -0.897. The standard InChI is InChI=1S/C24H32ClNO3/c1-23(2,3)17-12-15(13-18(21(17)27)24(4,5)6)19(20(26)22(28)29-7)14-8-10-16(25)11-9-14/h8-13,19-20,27H,26H2,1-7H3/t19-,20-/m0/s1. The summed E-state index contributed by atoms with van der Waals surface area (Å²) in [5, 5.41) is 11.6. The zero-order valence-corrected chi connectivity index (χ0v) is 19.1. The number of benzene rings is 2. The molecule has 0 bridgehead atoms. The molecule has 0 aliphatic rings. The van der Waals surface area contributed by atoms with E-state index in [1.165, 1.54) is 7.11 Å². The number of esters is 1. The summed E-state index contributed by atoms with van der Waals surface area (Å²) in [4.78, 5) is 12.4. The van der Waals surface area contributed by atoms with Crippen LogP contribution in [-0.4, -0.2) is 24.2 Å². The first kappa shape index (κ1) is 23.2. The number of phenolic OH excluding ortho intramolecular Hbond substituents is 1. The molecule has 2 atom stereocenters. The molecule has 29 heavy (non-hydrogen) atoms. The Bertz CT molecular complexity index is 841. The zero-order valence-electron chi connectivity index (χ0n) is 18.3. The van der Waals surface area contributed by atoms with E-state index in [9.17, 15) is 9.90 Å². The summed E-state index contributed by atoms with van der Waals surface area (Å²) in [5.74, 6) is -0.648. The Morgan fingerprint density at radius 3 is 1.79 bits per heavy atom. The second-order valence-electron chi connectivity index (χ2n) is 9.54. The van der Waals surface area contributed by atoms with Gasteiger partial charge in [0.25, 0.3) is 0 Å². The molecule has 3 N–H and O–H groups in total. The van der Waals surface area contributed by atoms with Crippen molar-refractivity contribution in [3.05, 3.63) is 63.7 Å². The van der Waals surface area contributed by atoms with E-state index in [1.807, 2.05) is 24.3 Å². The topological polar surface area (TPSA) is 72.5 Å². The van der Waals surface area contributed by atoms with Crippen LogP contribution in [0.25, 0.3) is 0 Å². The van der Waals surface area contributed by atoms with E-state index in [4.69, 9.17) is 22.1 Å². The minimum absolute atomic E-state index is 0.287. The van der Waals surface area contributed by atoms with Gasteiger partial charge in [0.05, 0.1) is 7.11 Å². The van der Waals surface area contributed by atoms with Crippen molar-refractivity contribution in [2.24, 2.45) is 5.73 Å². The van der Waals surface area contributed by atoms with Crippen molar-refractivity contribution in [2.45, 2.75) is 64.3 Å². The van der Waals surface area contributed by atoms with Crippen molar-refractivity contribution in [3.8, 4) is 5.75 Å². The number of carbonyl (C=O) groups excluding carboxylic acids is 1. The van der Waals surface area contributed by atoms with Crippen molar-refractivity contribution in [2.75, 3.05) is 7.11 Å². The van der Waals surface area contributed by atoms with E-state index in [0.717, 1.165) is 22.3 Å². The van der Waals surface area contributed by atoms with Gasteiger partial charge < -0.3 is 15.6 Å². The normalized spacial score (nSPS) is 14.4. The molecule has 158 valence electrons. The molecule has 4 nitrogen and oxygen atoms in total. The molecule has 0 heterocycles. The fourth-order valence-corrected chi connectivity index (χ4v) is 3.66. The van der Waals surface area contributed by atoms with Gasteiger partial charge in [-0.1, -0.05) is 77.4 Å². The first-order valence-electron chi connectivity index (χ1n) is 9.74. The molecule has 0 aliphatic heterocycles. The van der Waals surface area contributed by atoms with Gasteiger partial charge in [0.2, 0.25) is 0 Å². The van der Waals surface area contributed by atoms with Gasteiger partial charge in [-0.2, -0.15) is 0 Å². The average molecular weight is 418 g/mol. The number of hydrogen-bond acceptors (Lipinski definition) is 4. The third kappa shape index (κ3) is 5.12. The zero-order chi connectivity index (χ0) is 22.1. The SMILES string of the molecule is COC(=O)[C@@H](N)[C@@H](c1ccc(Cl)cc1)c1cc(C(C)(C)C)c(O)c(C(C)(C)C)c1. The monoisotopic (exact) mass is 417 g/mol. The highest BCUT2D eigenvalue weighted by atomic mass is 35.5. The lowest BCUT2D eigenvalue weighted by Gasteiger charge is -2.31. The summed E-state index contributed by atoms with van der Waals surface area (Å²) < 4.78 is 4.94. The lowest BCUT2D eigenvalue weighted by molar-refractivity contribution is -0.142. The van der Waals surface area contributed by atoms with E-state index >= 15 is 0 Å². The molecular formula is C24H32ClNO3. The Morgan fingerprint density at radius 2 is 1.41 bits per heavy atom. The largest absolute Gasteiger partial charge is 0.507 e. The molecule has 0 radical (unpaired) electrons. The third-order valence-corrected chi connectivity index (χ3v) is 5.42. The predicted molar refractivity (Wildman–Crippen MR) is 119 cm³/mol. The molecule has 0 saturated carbocycles. The quantitative estimate of drug-likeness (QED) is 0.664. The number of methoxy groups -OCH3 is 1. The second-order valence-corrected chi connectivity index (χ2v) is 9.98. The van der Waals surface area contributed by atoms with Crippen molar-refractivity contribution in [1.29, 1.82) is 0 Å². The van der Waals surface area contributed by atoms with Gasteiger partial charge in [0.15, 0.2) is 0 Å². The maximum Gasteiger partial charge on any atom is 0.323 e. The van der Waals surface area contributed by atoms with Crippen LogP contribution < -0.4 is 5.73 Å². The molecule has 2 rings (SSSR count). The van der Waals surface area contributed by atoms with Crippen LogP contribution in [0.2, 0.25) is 5.02 Å². The van der Waals surface area contributed by atoms with Crippen LogP contribution in [0.4, 0.5) is 0 Å². The highest BCUT2D eigenvalue weighted by Crippen LogP contribution is 2.42. The summed E-state index contributed by atoms with van der Waals surface area (Å²) >= 11 is 6.07. The van der Waals surface area contributed by atoms with Crippen LogP contribution in [-0.2, 0) is 20.4 Å². The van der Waals surface area contributed by atoms with Crippen molar-refractivity contribution in [1.82, 2.24) is 0 Å². The number of halogens is 1. The summed E-state index contributed by atoms with van der Waals surface area (Å²) in [6.07, 6.45) is 0.